The van der Waals surface area contributed by atoms with Gasteiger partial charge in [0.25, 0.3) is 0 Å². The van der Waals surface area contributed by atoms with Gasteiger partial charge in [-0.05, 0) is 56.0 Å². The number of carbonyl (C=O) groups excluding carboxylic acids is 2. The number of nitrogens with zero attached hydrogens (tertiary/aromatic N) is 2. The first-order valence-corrected chi connectivity index (χ1v) is 11.1. The maximum Gasteiger partial charge on any atom is 0.408 e. The molecule has 0 unspecified atom stereocenters. The van der Waals surface area contributed by atoms with Gasteiger partial charge in [-0.1, -0.05) is 43.3 Å². The molecule has 2 aromatic carbocycles. The van der Waals surface area contributed by atoms with Crippen molar-refractivity contribution in [2.24, 2.45) is 0 Å². The number of alkyl carbamates (subject to hydrolysis) is 1. The molecule has 0 aliphatic carbocycles. The molecule has 174 valence electrons. The number of hydrogen-bond donors (Lipinski definition) is 1. The molecular formula is C26H30FN3O3. The summed E-state index contributed by atoms with van der Waals surface area (Å²) in [4.78, 5) is 27.2. The molecule has 6 nitrogen and oxygen atoms in total. The van der Waals surface area contributed by atoms with Gasteiger partial charge in [0.05, 0.1) is 18.2 Å². The third-order valence-corrected chi connectivity index (χ3v) is 5.64. The highest BCUT2D eigenvalue weighted by molar-refractivity contribution is 5.87. The van der Waals surface area contributed by atoms with Crippen molar-refractivity contribution in [3.05, 3.63) is 59.7 Å². The zero-order valence-corrected chi connectivity index (χ0v) is 19.5. The number of ether oxygens (including phenoxy) is 1. The fourth-order valence-corrected chi connectivity index (χ4v) is 3.89. The quantitative estimate of drug-likeness (QED) is 0.708. The zero-order chi connectivity index (χ0) is 24.2. The Morgan fingerprint density at radius 2 is 1.88 bits per heavy atom. The number of hydrogen-bond acceptors (Lipinski definition) is 4. The zero-order valence-electron chi connectivity index (χ0n) is 19.5. The second-order valence-electron chi connectivity index (χ2n) is 9.40. The summed E-state index contributed by atoms with van der Waals surface area (Å²) in [6, 6.07) is 16.2. The predicted octanol–water partition coefficient (Wildman–Crippen LogP) is 4.79. The Balaban J connectivity index is 1.83. The first-order chi connectivity index (χ1) is 15.6. The van der Waals surface area contributed by atoms with E-state index >= 15 is 0 Å². The third kappa shape index (κ3) is 6.32. The SMILES string of the molecule is C[C@@H](c1ccc(-c2cccc(C#N)c2)cc1)[C@H](NC(=O)OC(C)(C)C)C(=O)N1CC[C@H](F)C1. The Kier molecular flexibility index (Phi) is 7.37. The van der Waals surface area contributed by atoms with Crippen molar-refractivity contribution in [2.45, 2.75) is 57.8 Å². The topological polar surface area (TPSA) is 82.4 Å². The van der Waals surface area contributed by atoms with Gasteiger partial charge in [0.1, 0.15) is 17.8 Å². The van der Waals surface area contributed by atoms with E-state index in [1.807, 2.05) is 49.4 Å². The number of benzene rings is 2. The standard InChI is InChI=1S/C26H30FN3O3/c1-17(19-8-10-20(11-9-19)21-7-5-6-18(14-21)15-28)23(29-25(32)33-26(2,3)4)24(31)30-13-12-22(27)16-30/h5-11,14,17,22-23H,12-13,16H2,1-4H3,(H,29,32)/t17-,22-,23-/m0/s1. The molecule has 0 aromatic heterocycles. The molecule has 2 aromatic rings. The summed E-state index contributed by atoms with van der Waals surface area (Å²) in [5.41, 5.74) is 2.57. The van der Waals surface area contributed by atoms with Crippen LogP contribution in [0.1, 0.15) is 51.2 Å². The Morgan fingerprint density at radius 1 is 1.18 bits per heavy atom. The molecule has 1 aliphatic rings. The van der Waals surface area contributed by atoms with Crippen LogP contribution in [0.25, 0.3) is 11.1 Å². The summed E-state index contributed by atoms with van der Waals surface area (Å²) >= 11 is 0. The molecule has 1 heterocycles. The van der Waals surface area contributed by atoms with Gasteiger partial charge in [-0.25, -0.2) is 9.18 Å². The summed E-state index contributed by atoms with van der Waals surface area (Å²) < 4.78 is 19.1. The molecule has 1 fully saturated rings. The van der Waals surface area contributed by atoms with Crippen LogP contribution in [-0.4, -0.2) is 47.8 Å². The molecule has 0 spiro atoms. The van der Waals surface area contributed by atoms with E-state index in [0.29, 0.717) is 18.5 Å². The van der Waals surface area contributed by atoms with Gasteiger partial charge in [-0.2, -0.15) is 5.26 Å². The number of alkyl halides is 1. The van der Waals surface area contributed by atoms with Crippen molar-refractivity contribution < 1.29 is 18.7 Å². The van der Waals surface area contributed by atoms with Crippen molar-refractivity contribution in [3.63, 3.8) is 0 Å². The molecular weight excluding hydrogens is 421 g/mol. The molecule has 1 saturated heterocycles. The number of nitriles is 1. The minimum absolute atomic E-state index is 0.0340. The van der Waals surface area contributed by atoms with E-state index in [0.717, 1.165) is 16.7 Å². The second kappa shape index (κ2) is 10.0. The van der Waals surface area contributed by atoms with Crippen LogP contribution in [-0.2, 0) is 9.53 Å². The van der Waals surface area contributed by atoms with E-state index in [1.165, 1.54) is 4.90 Å². The lowest BCUT2D eigenvalue weighted by Crippen LogP contribution is -2.51. The van der Waals surface area contributed by atoms with Crippen LogP contribution in [0.2, 0.25) is 0 Å². The van der Waals surface area contributed by atoms with Gasteiger partial charge in [-0.15, -0.1) is 0 Å². The Morgan fingerprint density at radius 3 is 2.45 bits per heavy atom. The molecule has 7 heteroatoms. The number of halogens is 1. The van der Waals surface area contributed by atoms with Crippen LogP contribution in [0.15, 0.2) is 48.5 Å². The molecule has 3 rings (SSSR count). The number of rotatable bonds is 5. The van der Waals surface area contributed by atoms with Crippen molar-refractivity contribution >= 4 is 12.0 Å². The van der Waals surface area contributed by atoms with Crippen LogP contribution in [0, 0.1) is 11.3 Å². The van der Waals surface area contributed by atoms with Crippen LogP contribution in [0.3, 0.4) is 0 Å². The van der Waals surface area contributed by atoms with Crippen LogP contribution in [0.5, 0.6) is 0 Å². The van der Waals surface area contributed by atoms with Crippen molar-refractivity contribution in [2.75, 3.05) is 13.1 Å². The number of nitrogens with one attached hydrogen (secondary N) is 1. The van der Waals surface area contributed by atoms with Crippen molar-refractivity contribution in [1.82, 2.24) is 10.2 Å². The first-order valence-electron chi connectivity index (χ1n) is 11.1. The second-order valence-corrected chi connectivity index (χ2v) is 9.40. The molecule has 2 amide bonds. The lowest BCUT2D eigenvalue weighted by molar-refractivity contribution is -0.133. The van der Waals surface area contributed by atoms with Crippen LogP contribution < -0.4 is 5.32 Å². The van der Waals surface area contributed by atoms with Gasteiger partial charge >= 0.3 is 6.09 Å². The summed E-state index contributed by atoms with van der Waals surface area (Å²) in [5.74, 6) is -0.692. The molecule has 0 saturated carbocycles. The van der Waals surface area contributed by atoms with Crippen LogP contribution >= 0.6 is 0 Å². The lowest BCUT2D eigenvalue weighted by Gasteiger charge is -2.30. The van der Waals surface area contributed by atoms with E-state index in [4.69, 9.17) is 10.00 Å². The number of amides is 2. The number of likely N-dealkylation sites (tertiary alicyclic amines) is 1. The highest BCUT2D eigenvalue weighted by Crippen LogP contribution is 2.27. The molecule has 0 radical (unpaired) electrons. The Labute approximate surface area is 194 Å². The monoisotopic (exact) mass is 451 g/mol. The first kappa shape index (κ1) is 24.2. The van der Waals surface area contributed by atoms with Crippen molar-refractivity contribution in [1.29, 1.82) is 5.26 Å². The van der Waals surface area contributed by atoms with E-state index < -0.39 is 23.9 Å². The van der Waals surface area contributed by atoms with Gasteiger partial charge in [0.15, 0.2) is 0 Å². The van der Waals surface area contributed by atoms with E-state index in [1.54, 1.807) is 26.8 Å². The van der Waals surface area contributed by atoms with Gasteiger partial charge in [-0.3, -0.25) is 4.79 Å². The van der Waals surface area contributed by atoms with E-state index in [9.17, 15) is 14.0 Å². The summed E-state index contributed by atoms with van der Waals surface area (Å²) in [6.45, 7) is 7.47. The Hall–Kier alpha value is -3.40. The fraction of sp³-hybridized carbons (Fsp3) is 0.423. The Bertz CT molecular complexity index is 1040. The molecule has 1 aliphatic heterocycles. The predicted molar refractivity (Wildman–Crippen MR) is 124 cm³/mol. The lowest BCUT2D eigenvalue weighted by atomic mass is 9.90. The van der Waals surface area contributed by atoms with Gasteiger partial charge < -0.3 is 15.0 Å². The summed E-state index contributed by atoms with van der Waals surface area (Å²) in [5, 5.41) is 11.8. The van der Waals surface area contributed by atoms with E-state index in [-0.39, 0.29) is 18.4 Å². The molecule has 0 bridgehead atoms. The molecule has 1 N–H and O–H groups in total. The van der Waals surface area contributed by atoms with E-state index in [2.05, 4.69) is 11.4 Å². The number of carbonyl (C=O) groups is 2. The fourth-order valence-electron chi connectivity index (χ4n) is 3.89. The van der Waals surface area contributed by atoms with Gasteiger partial charge in [0, 0.05) is 12.5 Å². The maximum absolute atomic E-state index is 13.7. The minimum atomic E-state index is -1.05. The average molecular weight is 452 g/mol. The summed E-state index contributed by atoms with van der Waals surface area (Å²) in [6.07, 6.45) is -1.43. The summed E-state index contributed by atoms with van der Waals surface area (Å²) in [7, 11) is 0. The normalized spacial score (nSPS) is 17.7. The third-order valence-electron chi connectivity index (χ3n) is 5.64. The highest BCUT2D eigenvalue weighted by atomic mass is 19.1. The smallest absolute Gasteiger partial charge is 0.408 e. The van der Waals surface area contributed by atoms with Gasteiger partial charge in [0.2, 0.25) is 5.91 Å². The molecule has 33 heavy (non-hydrogen) atoms. The average Bonchev–Trinajstić information content (AvgIpc) is 3.22. The van der Waals surface area contributed by atoms with Crippen LogP contribution in [0.4, 0.5) is 9.18 Å². The van der Waals surface area contributed by atoms with Crippen molar-refractivity contribution in [3.8, 4) is 17.2 Å². The molecule has 3 atom stereocenters. The highest BCUT2D eigenvalue weighted by Gasteiger charge is 2.36. The minimum Gasteiger partial charge on any atom is -0.444 e. The maximum atomic E-state index is 13.7. The largest absolute Gasteiger partial charge is 0.444 e.